The number of rotatable bonds is 5. The van der Waals surface area contributed by atoms with Crippen molar-refractivity contribution in [3.8, 4) is 0 Å². The Morgan fingerprint density at radius 3 is 2.46 bits per heavy atom. The van der Waals surface area contributed by atoms with E-state index >= 15 is 0 Å². The third-order valence-electron chi connectivity index (χ3n) is 1.06. The van der Waals surface area contributed by atoms with Gasteiger partial charge < -0.3 is 9.47 Å². The van der Waals surface area contributed by atoms with E-state index in [-0.39, 0.29) is 12.6 Å². The molecule has 0 aliphatic rings. The topological polar surface area (TPSA) is 35.5 Å². The van der Waals surface area contributed by atoms with E-state index in [0.717, 1.165) is 10.8 Å². The molecule has 0 rings (SSSR count). The molecule has 0 aromatic carbocycles. The fraction of sp³-hybridized carbons (Fsp3) is 0.889. The number of hydrogen-bond acceptors (Lipinski definition) is 3. The number of alkyl halides is 1. The number of carbonyl (C=O) groups is 1. The van der Waals surface area contributed by atoms with Gasteiger partial charge in [-0.2, -0.15) is 0 Å². The summed E-state index contributed by atoms with van der Waals surface area (Å²) in [5, 5.41) is 0. The molecule has 4 heteroatoms. The number of hydrogen-bond donors (Lipinski definition) is 0. The molecule has 0 radical (unpaired) electrons. The Balaban J connectivity index is 3.41. The van der Waals surface area contributed by atoms with Crippen molar-refractivity contribution >= 4 is 28.6 Å². The Labute approximate surface area is 93.3 Å². The van der Waals surface area contributed by atoms with Crippen LogP contribution in [0.2, 0.25) is 0 Å². The van der Waals surface area contributed by atoms with Crippen LogP contribution in [0.15, 0.2) is 0 Å². The molecule has 0 heterocycles. The van der Waals surface area contributed by atoms with Crippen LogP contribution < -0.4 is 0 Å². The molecule has 0 fully saturated rings. The first kappa shape index (κ1) is 13.2. The van der Waals surface area contributed by atoms with E-state index in [2.05, 4.69) is 22.6 Å². The van der Waals surface area contributed by atoms with Gasteiger partial charge in [-0.1, -0.05) is 22.6 Å². The van der Waals surface area contributed by atoms with E-state index in [9.17, 15) is 4.79 Å². The first-order valence-corrected chi connectivity index (χ1v) is 5.84. The summed E-state index contributed by atoms with van der Waals surface area (Å²) in [6.07, 6.45) is 0.976. The first-order valence-electron chi connectivity index (χ1n) is 4.31. The van der Waals surface area contributed by atoms with E-state index in [1.807, 2.05) is 20.8 Å². The highest BCUT2D eigenvalue weighted by Crippen LogP contribution is 2.06. The molecule has 0 saturated heterocycles. The van der Waals surface area contributed by atoms with Gasteiger partial charge in [0.2, 0.25) is 0 Å². The molecule has 0 amide bonds. The summed E-state index contributed by atoms with van der Waals surface area (Å²) in [4.78, 5) is 11.1. The molecule has 0 saturated carbocycles. The maximum atomic E-state index is 11.1. The summed E-state index contributed by atoms with van der Waals surface area (Å²) < 4.78 is 11.2. The predicted octanol–water partition coefficient (Wildman–Crippen LogP) is 2.17. The lowest BCUT2D eigenvalue weighted by atomic mass is 10.2. The lowest BCUT2D eigenvalue weighted by molar-refractivity contribution is -0.160. The molecule has 78 valence electrons. The van der Waals surface area contributed by atoms with Crippen molar-refractivity contribution in [3.63, 3.8) is 0 Å². The Morgan fingerprint density at radius 2 is 2.00 bits per heavy atom. The van der Waals surface area contributed by atoms with Crippen LogP contribution in [0.4, 0.5) is 0 Å². The molecule has 0 unspecified atom stereocenters. The Kier molecular flexibility index (Phi) is 6.67. The number of halogens is 1. The van der Waals surface area contributed by atoms with Crippen LogP contribution in [0, 0.1) is 0 Å². The van der Waals surface area contributed by atoms with Crippen LogP contribution in [-0.4, -0.2) is 29.2 Å². The minimum Gasteiger partial charge on any atom is -0.458 e. The Morgan fingerprint density at radius 1 is 1.38 bits per heavy atom. The third kappa shape index (κ3) is 10.1. The lowest BCUT2D eigenvalue weighted by Gasteiger charge is -2.19. The monoisotopic (exact) mass is 300 g/mol. The third-order valence-corrected chi connectivity index (χ3v) is 1.83. The van der Waals surface area contributed by atoms with Gasteiger partial charge >= 0.3 is 5.97 Å². The van der Waals surface area contributed by atoms with E-state index in [1.165, 1.54) is 0 Å². The summed E-state index contributed by atoms with van der Waals surface area (Å²) in [7, 11) is 0. The van der Waals surface area contributed by atoms with Crippen LogP contribution in [0.3, 0.4) is 0 Å². The summed E-state index contributed by atoms with van der Waals surface area (Å²) >= 11 is 2.27. The SMILES string of the molecule is CC(C)(C)OC(=O)COCCCI. The second-order valence-electron chi connectivity index (χ2n) is 3.68. The largest absolute Gasteiger partial charge is 0.458 e. The van der Waals surface area contributed by atoms with Crippen molar-refractivity contribution in [3.05, 3.63) is 0 Å². The van der Waals surface area contributed by atoms with Gasteiger partial charge in [-0.05, 0) is 27.2 Å². The van der Waals surface area contributed by atoms with E-state index in [1.54, 1.807) is 0 Å². The van der Waals surface area contributed by atoms with Gasteiger partial charge in [-0.3, -0.25) is 0 Å². The molecule has 13 heavy (non-hydrogen) atoms. The van der Waals surface area contributed by atoms with Gasteiger partial charge in [0.15, 0.2) is 0 Å². The second kappa shape index (κ2) is 6.59. The minimum atomic E-state index is -0.413. The van der Waals surface area contributed by atoms with E-state index in [0.29, 0.717) is 6.61 Å². The molecule has 0 aromatic rings. The van der Waals surface area contributed by atoms with Gasteiger partial charge in [0.25, 0.3) is 0 Å². The van der Waals surface area contributed by atoms with Gasteiger partial charge in [-0.25, -0.2) is 4.79 Å². The van der Waals surface area contributed by atoms with Crippen molar-refractivity contribution in [2.75, 3.05) is 17.6 Å². The highest BCUT2D eigenvalue weighted by Gasteiger charge is 2.15. The molecular formula is C9H17IO3. The van der Waals surface area contributed by atoms with Crippen LogP contribution in [-0.2, 0) is 14.3 Å². The summed E-state index contributed by atoms with van der Waals surface area (Å²) in [5.74, 6) is -0.291. The zero-order valence-corrected chi connectivity index (χ0v) is 10.6. The highest BCUT2D eigenvalue weighted by atomic mass is 127. The van der Waals surface area contributed by atoms with Gasteiger partial charge in [0, 0.05) is 11.0 Å². The highest BCUT2D eigenvalue weighted by molar-refractivity contribution is 14.1. The Hall–Kier alpha value is 0.160. The maximum absolute atomic E-state index is 11.1. The standard InChI is InChI=1S/C9H17IO3/c1-9(2,3)13-8(11)7-12-6-4-5-10/h4-7H2,1-3H3. The molecule has 0 aromatic heterocycles. The molecule has 0 bridgehead atoms. The van der Waals surface area contributed by atoms with Crippen LogP contribution in [0.1, 0.15) is 27.2 Å². The molecule has 3 nitrogen and oxygen atoms in total. The first-order chi connectivity index (χ1) is 5.95. The van der Waals surface area contributed by atoms with Crippen molar-refractivity contribution < 1.29 is 14.3 Å². The lowest BCUT2D eigenvalue weighted by Crippen LogP contribution is -2.26. The van der Waals surface area contributed by atoms with Crippen LogP contribution in [0.5, 0.6) is 0 Å². The number of ether oxygens (including phenoxy) is 2. The zero-order chi connectivity index (χ0) is 10.3. The van der Waals surface area contributed by atoms with Crippen molar-refractivity contribution in [2.45, 2.75) is 32.8 Å². The fourth-order valence-electron chi connectivity index (χ4n) is 0.683. The van der Waals surface area contributed by atoms with Gasteiger partial charge in [-0.15, -0.1) is 0 Å². The Bertz CT molecular complexity index is 151. The number of esters is 1. The van der Waals surface area contributed by atoms with Crippen LogP contribution >= 0.6 is 22.6 Å². The molecule has 0 atom stereocenters. The molecule has 0 spiro atoms. The molecule has 0 N–H and O–H groups in total. The van der Waals surface area contributed by atoms with Crippen molar-refractivity contribution in [1.29, 1.82) is 0 Å². The van der Waals surface area contributed by atoms with Crippen molar-refractivity contribution in [1.82, 2.24) is 0 Å². The van der Waals surface area contributed by atoms with Crippen LogP contribution in [0.25, 0.3) is 0 Å². The number of carbonyl (C=O) groups excluding carboxylic acids is 1. The minimum absolute atomic E-state index is 0.0634. The zero-order valence-electron chi connectivity index (χ0n) is 8.43. The summed E-state index contributed by atoms with van der Waals surface area (Å²) in [6.45, 7) is 6.22. The average molecular weight is 300 g/mol. The fourth-order valence-corrected chi connectivity index (χ4v) is 0.994. The second-order valence-corrected chi connectivity index (χ2v) is 4.76. The van der Waals surface area contributed by atoms with Gasteiger partial charge in [0.05, 0.1) is 0 Å². The molecule has 0 aliphatic carbocycles. The predicted molar refractivity (Wildman–Crippen MR) is 60.2 cm³/mol. The van der Waals surface area contributed by atoms with Gasteiger partial charge in [0.1, 0.15) is 12.2 Å². The maximum Gasteiger partial charge on any atom is 0.332 e. The summed E-state index contributed by atoms with van der Waals surface area (Å²) in [6, 6.07) is 0. The molecular weight excluding hydrogens is 283 g/mol. The summed E-state index contributed by atoms with van der Waals surface area (Å²) in [5.41, 5.74) is -0.413. The van der Waals surface area contributed by atoms with E-state index < -0.39 is 5.60 Å². The van der Waals surface area contributed by atoms with Crippen molar-refractivity contribution in [2.24, 2.45) is 0 Å². The smallest absolute Gasteiger partial charge is 0.332 e. The van der Waals surface area contributed by atoms with E-state index in [4.69, 9.17) is 9.47 Å². The normalized spacial score (nSPS) is 11.4. The average Bonchev–Trinajstić information content (AvgIpc) is 1.94. The molecule has 0 aliphatic heterocycles. The quantitative estimate of drug-likeness (QED) is 0.338.